The Morgan fingerprint density at radius 3 is 2.80 bits per heavy atom. The summed E-state index contributed by atoms with van der Waals surface area (Å²) in [6.45, 7) is 6.57. The molecule has 0 amide bonds. The molecule has 0 heterocycles. The fourth-order valence-electron chi connectivity index (χ4n) is 3.32. The number of rotatable bonds is 2. The molecule has 2 rings (SSSR count). The molecular weight excluding hydrogens is 182 g/mol. The van der Waals surface area contributed by atoms with Crippen LogP contribution in [0.1, 0.15) is 40.0 Å². The molecule has 1 nitrogen and oxygen atoms in total. The van der Waals surface area contributed by atoms with Crippen molar-refractivity contribution in [1.29, 1.82) is 0 Å². The van der Waals surface area contributed by atoms with Crippen LogP contribution < -0.4 is 5.73 Å². The van der Waals surface area contributed by atoms with E-state index in [-0.39, 0.29) is 0 Å². The first-order chi connectivity index (χ1) is 7.15. The van der Waals surface area contributed by atoms with Crippen LogP contribution in [-0.4, -0.2) is 6.04 Å². The Bertz CT molecular complexity index is 298. The van der Waals surface area contributed by atoms with E-state index in [1.54, 1.807) is 11.1 Å². The first kappa shape index (κ1) is 10.9. The second-order valence-electron chi connectivity index (χ2n) is 5.29. The van der Waals surface area contributed by atoms with Crippen LogP contribution in [-0.2, 0) is 0 Å². The molecule has 1 heteroatoms. The van der Waals surface area contributed by atoms with Crippen molar-refractivity contribution in [2.45, 2.75) is 46.1 Å². The summed E-state index contributed by atoms with van der Waals surface area (Å²) in [6.07, 6.45) is 8.52. The monoisotopic (exact) mass is 205 g/mol. The first-order valence-corrected chi connectivity index (χ1v) is 6.23. The van der Waals surface area contributed by atoms with Gasteiger partial charge in [-0.3, -0.25) is 0 Å². The highest BCUT2D eigenvalue weighted by Crippen LogP contribution is 2.53. The first-order valence-electron chi connectivity index (χ1n) is 6.23. The van der Waals surface area contributed by atoms with Gasteiger partial charge in [-0.15, -0.1) is 0 Å². The smallest absolute Gasteiger partial charge is 0.00789 e. The van der Waals surface area contributed by atoms with Crippen LogP contribution in [0, 0.1) is 17.8 Å². The van der Waals surface area contributed by atoms with Gasteiger partial charge in [0.25, 0.3) is 0 Å². The molecule has 0 bridgehead atoms. The van der Waals surface area contributed by atoms with Crippen molar-refractivity contribution < 1.29 is 0 Å². The molecule has 84 valence electrons. The average molecular weight is 205 g/mol. The van der Waals surface area contributed by atoms with Gasteiger partial charge in [0.05, 0.1) is 0 Å². The number of hydrogen-bond donors (Lipinski definition) is 1. The number of fused-ring (bicyclic) bond motifs is 1. The van der Waals surface area contributed by atoms with E-state index in [0.717, 1.165) is 11.8 Å². The lowest BCUT2D eigenvalue weighted by Crippen LogP contribution is -2.29. The second kappa shape index (κ2) is 4.13. The highest BCUT2D eigenvalue weighted by atomic mass is 14.7. The summed E-state index contributed by atoms with van der Waals surface area (Å²) in [4.78, 5) is 0. The van der Waals surface area contributed by atoms with Gasteiger partial charge in [-0.05, 0) is 63.4 Å². The summed E-state index contributed by atoms with van der Waals surface area (Å²) in [5.74, 6) is 2.51. The largest absolute Gasteiger partial charge is 0.327 e. The van der Waals surface area contributed by atoms with Crippen molar-refractivity contribution in [3.63, 3.8) is 0 Å². The third kappa shape index (κ3) is 2.03. The summed E-state index contributed by atoms with van der Waals surface area (Å²) in [5.41, 5.74) is 9.26. The van der Waals surface area contributed by atoms with E-state index in [1.165, 1.54) is 19.3 Å². The highest BCUT2D eigenvalue weighted by Gasteiger charge is 2.46. The van der Waals surface area contributed by atoms with Crippen molar-refractivity contribution in [3.05, 3.63) is 23.3 Å². The molecule has 1 unspecified atom stereocenters. The summed E-state index contributed by atoms with van der Waals surface area (Å²) >= 11 is 0. The molecule has 0 aromatic carbocycles. The number of nitrogens with two attached hydrogens (primary N) is 1. The van der Waals surface area contributed by atoms with E-state index in [9.17, 15) is 0 Å². The number of allylic oxidation sites excluding steroid dienone is 3. The standard InChI is InChI=1S/C14H23N/c1-4-5-11-6-7-12-8-13(12)14(9(11)2)10(3)15/h4-5,10,12-14H,6-8,15H2,1-3H3/b5-4-/t10-,12+,13?,14+/m1/s1. The van der Waals surface area contributed by atoms with Crippen molar-refractivity contribution >= 4 is 0 Å². The summed E-state index contributed by atoms with van der Waals surface area (Å²) < 4.78 is 0. The van der Waals surface area contributed by atoms with Gasteiger partial charge in [0, 0.05) is 6.04 Å². The molecule has 0 aromatic rings. The molecule has 0 aromatic heterocycles. The fourth-order valence-corrected chi connectivity index (χ4v) is 3.32. The van der Waals surface area contributed by atoms with Gasteiger partial charge >= 0.3 is 0 Å². The van der Waals surface area contributed by atoms with E-state index in [1.807, 2.05) is 0 Å². The molecule has 0 saturated heterocycles. The second-order valence-corrected chi connectivity index (χ2v) is 5.29. The van der Waals surface area contributed by atoms with Crippen molar-refractivity contribution in [2.75, 3.05) is 0 Å². The Morgan fingerprint density at radius 1 is 1.47 bits per heavy atom. The lowest BCUT2D eigenvalue weighted by molar-refractivity contribution is 0.433. The van der Waals surface area contributed by atoms with Crippen LogP contribution in [0.2, 0.25) is 0 Å². The normalized spacial score (nSPS) is 37.7. The van der Waals surface area contributed by atoms with Crippen LogP contribution in [0.4, 0.5) is 0 Å². The van der Waals surface area contributed by atoms with Crippen LogP contribution in [0.25, 0.3) is 0 Å². The number of hydrogen-bond acceptors (Lipinski definition) is 1. The third-order valence-corrected chi connectivity index (χ3v) is 4.16. The van der Waals surface area contributed by atoms with Gasteiger partial charge in [0.1, 0.15) is 0 Å². The average Bonchev–Trinajstić information content (AvgIpc) is 2.90. The van der Waals surface area contributed by atoms with Gasteiger partial charge in [-0.25, -0.2) is 0 Å². The zero-order valence-electron chi connectivity index (χ0n) is 10.2. The predicted molar refractivity (Wildman–Crippen MR) is 65.5 cm³/mol. The Balaban J connectivity index is 2.28. The molecule has 0 spiro atoms. The van der Waals surface area contributed by atoms with Crippen LogP contribution in [0.5, 0.6) is 0 Å². The maximum atomic E-state index is 6.14. The van der Waals surface area contributed by atoms with Gasteiger partial charge < -0.3 is 5.73 Å². The molecule has 4 atom stereocenters. The van der Waals surface area contributed by atoms with Crippen LogP contribution in [0.3, 0.4) is 0 Å². The van der Waals surface area contributed by atoms with E-state index in [2.05, 4.69) is 32.9 Å². The van der Waals surface area contributed by atoms with Crippen molar-refractivity contribution in [3.8, 4) is 0 Å². The Kier molecular flexibility index (Phi) is 3.01. The zero-order valence-corrected chi connectivity index (χ0v) is 10.2. The Hall–Kier alpha value is -0.560. The van der Waals surface area contributed by atoms with Gasteiger partial charge in [0.2, 0.25) is 0 Å². The topological polar surface area (TPSA) is 26.0 Å². The molecule has 0 aliphatic heterocycles. The van der Waals surface area contributed by atoms with E-state index in [4.69, 9.17) is 5.73 Å². The summed E-state index contributed by atoms with van der Waals surface area (Å²) in [7, 11) is 0. The maximum absolute atomic E-state index is 6.14. The fraction of sp³-hybridized carbons (Fsp3) is 0.714. The van der Waals surface area contributed by atoms with Crippen molar-refractivity contribution in [2.24, 2.45) is 23.5 Å². The van der Waals surface area contributed by atoms with Gasteiger partial charge in [-0.2, -0.15) is 0 Å². The zero-order chi connectivity index (χ0) is 11.0. The van der Waals surface area contributed by atoms with Crippen LogP contribution >= 0.6 is 0 Å². The third-order valence-electron chi connectivity index (χ3n) is 4.16. The minimum atomic E-state index is 0.318. The lowest BCUT2D eigenvalue weighted by Gasteiger charge is -2.22. The predicted octanol–water partition coefficient (Wildman–Crippen LogP) is 3.27. The molecule has 0 radical (unpaired) electrons. The SMILES string of the molecule is C/C=C\C1=C(C)[C@@H]([C@@H](C)N)C2C[C@@H]2CC1. The van der Waals surface area contributed by atoms with Gasteiger partial charge in [-0.1, -0.05) is 17.7 Å². The molecule has 1 fully saturated rings. The maximum Gasteiger partial charge on any atom is 0.00789 e. The summed E-state index contributed by atoms with van der Waals surface area (Å²) in [6, 6.07) is 0.318. The Labute approximate surface area is 93.4 Å². The Morgan fingerprint density at radius 2 is 2.20 bits per heavy atom. The minimum Gasteiger partial charge on any atom is -0.327 e. The van der Waals surface area contributed by atoms with E-state index in [0.29, 0.717) is 12.0 Å². The minimum absolute atomic E-state index is 0.318. The van der Waals surface area contributed by atoms with E-state index >= 15 is 0 Å². The molecular formula is C14H23N. The lowest BCUT2D eigenvalue weighted by atomic mass is 9.86. The molecule has 1 saturated carbocycles. The van der Waals surface area contributed by atoms with E-state index < -0.39 is 0 Å². The van der Waals surface area contributed by atoms with Gasteiger partial charge in [0.15, 0.2) is 0 Å². The molecule has 2 N–H and O–H groups in total. The molecule has 2 aliphatic rings. The van der Waals surface area contributed by atoms with Crippen molar-refractivity contribution in [1.82, 2.24) is 0 Å². The molecule has 2 aliphatic carbocycles. The molecule has 15 heavy (non-hydrogen) atoms. The highest BCUT2D eigenvalue weighted by molar-refractivity contribution is 5.30. The summed E-state index contributed by atoms with van der Waals surface area (Å²) in [5, 5.41) is 0. The quantitative estimate of drug-likeness (QED) is 0.735. The van der Waals surface area contributed by atoms with Crippen LogP contribution in [0.15, 0.2) is 23.3 Å².